The highest BCUT2D eigenvalue weighted by atomic mass is 16.5. The summed E-state index contributed by atoms with van der Waals surface area (Å²) in [6, 6.07) is 9.38. The molecule has 0 unspecified atom stereocenters. The molecule has 1 saturated heterocycles. The maximum atomic E-state index is 12.7. The molecule has 2 heterocycles. The minimum Gasteiger partial charge on any atom is -0.497 e. The molecule has 0 radical (unpaired) electrons. The predicted octanol–water partition coefficient (Wildman–Crippen LogP) is 1.65. The van der Waals surface area contributed by atoms with E-state index in [0.29, 0.717) is 0 Å². The van der Waals surface area contributed by atoms with Crippen LogP contribution in [0.15, 0.2) is 39.9 Å². The van der Waals surface area contributed by atoms with E-state index in [1.165, 1.54) is 24.7 Å². The number of benzene rings is 1. The lowest BCUT2D eigenvalue weighted by Gasteiger charge is -2.30. The van der Waals surface area contributed by atoms with Crippen LogP contribution in [-0.4, -0.2) is 40.1 Å². The summed E-state index contributed by atoms with van der Waals surface area (Å²) in [5.41, 5.74) is 0.231. The van der Waals surface area contributed by atoms with Gasteiger partial charge in [0.2, 0.25) is 5.91 Å². The quantitative estimate of drug-likeness (QED) is 0.825. The number of aromatic nitrogens is 2. The van der Waals surface area contributed by atoms with Crippen molar-refractivity contribution in [1.29, 1.82) is 0 Å². The zero-order valence-electron chi connectivity index (χ0n) is 17.2. The second-order valence-corrected chi connectivity index (χ2v) is 7.43. The maximum Gasteiger partial charge on any atom is 0.332 e. The van der Waals surface area contributed by atoms with Crippen molar-refractivity contribution in [2.45, 2.75) is 31.7 Å². The summed E-state index contributed by atoms with van der Waals surface area (Å²) in [5, 5.41) is 2.73. The topological polar surface area (TPSA) is 85.6 Å². The van der Waals surface area contributed by atoms with Crippen molar-refractivity contribution in [1.82, 2.24) is 14.0 Å². The standard InChI is InChI=1S/C21H28N4O4/c1-23-18(13-20(27)24(2)21(23)28)22-19(26)14-25-12-6-4-5-7-17(25)15-8-10-16(29-3)11-9-15/h8-11,13,17H,4-7,12,14H2,1-3H3,(H,22,26)/t17-/m0/s1. The highest BCUT2D eigenvalue weighted by Gasteiger charge is 2.25. The van der Waals surface area contributed by atoms with Crippen molar-refractivity contribution in [3.63, 3.8) is 0 Å². The second-order valence-electron chi connectivity index (χ2n) is 7.43. The Bertz CT molecular complexity index is 978. The maximum absolute atomic E-state index is 12.7. The fourth-order valence-electron chi connectivity index (χ4n) is 3.78. The van der Waals surface area contributed by atoms with Crippen LogP contribution >= 0.6 is 0 Å². The molecule has 3 rings (SSSR count). The van der Waals surface area contributed by atoms with Gasteiger partial charge >= 0.3 is 5.69 Å². The van der Waals surface area contributed by atoms with Gasteiger partial charge in [-0.05, 0) is 37.1 Å². The molecule has 2 aromatic rings. The van der Waals surface area contributed by atoms with Gasteiger partial charge < -0.3 is 10.1 Å². The summed E-state index contributed by atoms with van der Waals surface area (Å²) >= 11 is 0. The van der Waals surface area contributed by atoms with E-state index in [2.05, 4.69) is 10.2 Å². The first-order valence-electron chi connectivity index (χ1n) is 9.85. The van der Waals surface area contributed by atoms with Gasteiger partial charge in [0.05, 0.1) is 13.7 Å². The molecular formula is C21H28N4O4. The van der Waals surface area contributed by atoms with Crippen molar-refractivity contribution in [2.24, 2.45) is 14.1 Å². The highest BCUT2D eigenvalue weighted by molar-refractivity contribution is 5.91. The molecule has 8 heteroatoms. The number of carbonyl (C=O) groups is 1. The Labute approximate surface area is 169 Å². The fourth-order valence-corrected chi connectivity index (χ4v) is 3.78. The first-order valence-corrected chi connectivity index (χ1v) is 9.85. The zero-order chi connectivity index (χ0) is 21.0. The largest absolute Gasteiger partial charge is 0.497 e. The molecule has 1 N–H and O–H groups in total. The van der Waals surface area contributed by atoms with E-state index >= 15 is 0 Å². The first-order chi connectivity index (χ1) is 13.9. The smallest absolute Gasteiger partial charge is 0.332 e. The van der Waals surface area contributed by atoms with Gasteiger partial charge in [-0.3, -0.25) is 23.6 Å². The van der Waals surface area contributed by atoms with Crippen molar-refractivity contribution in [3.05, 3.63) is 56.7 Å². The predicted molar refractivity (Wildman–Crippen MR) is 111 cm³/mol. The number of anilines is 1. The van der Waals surface area contributed by atoms with Gasteiger partial charge in [0.15, 0.2) is 0 Å². The van der Waals surface area contributed by atoms with E-state index in [1.807, 2.05) is 24.3 Å². The van der Waals surface area contributed by atoms with Crippen LogP contribution in [0.1, 0.15) is 37.3 Å². The summed E-state index contributed by atoms with van der Waals surface area (Å²) in [5.74, 6) is 0.769. The third-order valence-corrected chi connectivity index (χ3v) is 5.50. The van der Waals surface area contributed by atoms with Crippen LogP contribution in [-0.2, 0) is 18.9 Å². The Kier molecular flexibility index (Phi) is 6.53. The lowest BCUT2D eigenvalue weighted by atomic mass is 10.0. The van der Waals surface area contributed by atoms with Gasteiger partial charge in [-0.15, -0.1) is 0 Å². The molecule has 1 aromatic carbocycles. The number of hydrogen-bond donors (Lipinski definition) is 1. The molecule has 156 valence electrons. The average molecular weight is 400 g/mol. The van der Waals surface area contributed by atoms with E-state index in [4.69, 9.17) is 4.74 Å². The lowest BCUT2D eigenvalue weighted by Crippen LogP contribution is -2.40. The Morgan fingerprint density at radius 1 is 1.10 bits per heavy atom. The highest BCUT2D eigenvalue weighted by Crippen LogP contribution is 2.31. The number of hydrogen-bond acceptors (Lipinski definition) is 5. The summed E-state index contributed by atoms with van der Waals surface area (Å²) in [4.78, 5) is 38.9. The Morgan fingerprint density at radius 3 is 2.52 bits per heavy atom. The van der Waals surface area contributed by atoms with Crippen LogP contribution in [0, 0.1) is 0 Å². The molecule has 8 nitrogen and oxygen atoms in total. The van der Waals surface area contributed by atoms with E-state index in [0.717, 1.165) is 48.1 Å². The summed E-state index contributed by atoms with van der Waals surface area (Å²) in [7, 11) is 4.58. The van der Waals surface area contributed by atoms with Crippen molar-refractivity contribution in [2.75, 3.05) is 25.5 Å². The summed E-state index contributed by atoms with van der Waals surface area (Å²) < 4.78 is 7.52. The van der Waals surface area contributed by atoms with Crippen LogP contribution in [0.25, 0.3) is 0 Å². The number of nitrogens with one attached hydrogen (secondary N) is 1. The number of nitrogens with zero attached hydrogens (tertiary/aromatic N) is 3. The molecule has 1 fully saturated rings. The SMILES string of the molecule is COc1ccc([C@@H]2CCCCCN2CC(=O)Nc2cc(=O)n(C)c(=O)n2C)cc1. The number of likely N-dealkylation sites (tertiary alicyclic amines) is 1. The molecule has 1 aliphatic heterocycles. The van der Waals surface area contributed by atoms with Gasteiger partial charge in [-0.1, -0.05) is 25.0 Å². The van der Waals surface area contributed by atoms with E-state index in [-0.39, 0.29) is 24.3 Å². The normalized spacial score (nSPS) is 17.6. The monoisotopic (exact) mass is 400 g/mol. The number of methoxy groups -OCH3 is 1. The summed E-state index contributed by atoms with van der Waals surface area (Å²) in [6.45, 7) is 1.01. The van der Waals surface area contributed by atoms with Crippen molar-refractivity contribution < 1.29 is 9.53 Å². The molecule has 1 aliphatic rings. The molecule has 0 saturated carbocycles. The molecule has 0 aliphatic carbocycles. The molecule has 0 spiro atoms. The van der Waals surface area contributed by atoms with Crippen LogP contribution in [0.3, 0.4) is 0 Å². The van der Waals surface area contributed by atoms with E-state index in [9.17, 15) is 14.4 Å². The Balaban J connectivity index is 1.77. The van der Waals surface area contributed by atoms with Gasteiger partial charge in [-0.25, -0.2) is 4.79 Å². The minimum atomic E-state index is -0.473. The van der Waals surface area contributed by atoms with Gasteiger partial charge in [0.25, 0.3) is 5.56 Å². The number of amides is 1. The number of ether oxygens (including phenoxy) is 1. The minimum absolute atomic E-state index is 0.140. The van der Waals surface area contributed by atoms with E-state index < -0.39 is 11.2 Å². The van der Waals surface area contributed by atoms with Crippen LogP contribution in [0.4, 0.5) is 5.82 Å². The van der Waals surface area contributed by atoms with Gasteiger partial charge in [-0.2, -0.15) is 0 Å². The number of rotatable bonds is 5. The molecule has 1 amide bonds. The Morgan fingerprint density at radius 2 is 1.83 bits per heavy atom. The molecule has 0 bridgehead atoms. The van der Waals surface area contributed by atoms with Crippen LogP contribution in [0.5, 0.6) is 5.75 Å². The Hall–Kier alpha value is -2.87. The number of carbonyl (C=O) groups excluding carboxylic acids is 1. The molecule has 29 heavy (non-hydrogen) atoms. The summed E-state index contributed by atoms with van der Waals surface area (Å²) in [6.07, 6.45) is 4.25. The van der Waals surface area contributed by atoms with Gasteiger partial charge in [0, 0.05) is 26.2 Å². The molecular weight excluding hydrogens is 372 g/mol. The third kappa shape index (κ3) is 4.76. The first kappa shape index (κ1) is 20.9. The lowest BCUT2D eigenvalue weighted by molar-refractivity contribution is -0.117. The molecule has 1 aromatic heterocycles. The van der Waals surface area contributed by atoms with Crippen molar-refractivity contribution >= 4 is 11.7 Å². The zero-order valence-corrected chi connectivity index (χ0v) is 17.2. The molecule has 1 atom stereocenters. The third-order valence-electron chi connectivity index (χ3n) is 5.50. The second kappa shape index (κ2) is 9.09. The van der Waals surface area contributed by atoms with Crippen LogP contribution < -0.4 is 21.3 Å². The average Bonchev–Trinajstić information content (AvgIpc) is 2.96. The van der Waals surface area contributed by atoms with E-state index in [1.54, 1.807) is 7.11 Å². The van der Waals surface area contributed by atoms with Crippen LogP contribution in [0.2, 0.25) is 0 Å². The van der Waals surface area contributed by atoms with Gasteiger partial charge in [0.1, 0.15) is 11.6 Å². The fraction of sp³-hybridized carbons (Fsp3) is 0.476. The van der Waals surface area contributed by atoms with Crippen molar-refractivity contribution in [3.8, 4) is 5.75 Å².